The summed E-state index contributed by atoms with van der Waals surface area (Å²) in [6.45, 7) is 7.44. The third-order valence-electron chi connectivity index (χ3n) is 3.83. The van der Waals surface area contributed by atoms with Gasteiger partial charge in [0.2, 0.25) is 0 Å². The van der Waals surface area contributed by atoms with Crippen LogP contribution in [-0.2, 0) is 17.6 Å². The van der Waals surface area contributed by atoms with E-state index < -0.39 is 12.0 Å². The molecule has 0 aliphatic carbocycles. The van der Waals surface area contributed by atoms with Crippen LogP contribution in [0.25, 0.3) is 11.1 Å². The summed E-state index contributed by atoms with van der Waals surface area (Å²) < 4.78 is 0. The molecule has 0 spiro atoms. The van der Waals surface area contributed by atoms with E-state index in [1.54, 1.807) is 24.3 Å². The Hall–Kier alpha value is -2.85. The zero-order valence-electron chi connectivity index (χ0n) is 13.4. The van der Waals surface area contributed by atoms with Crippen molar-refractivity contribution in [1.82, 2.24) is 0 Å². The van der Waals surface area contributed by atoms with Crippen LogP contribution in [0.5, 0.6) is 5.75 Å². The number of nitrogens with two attached hydrogens (primary N) is 1. The fourth-order valence-corrected chi connectivity index (χ4v) is 2.63. The average Bonchev–Trinajstić information content (AvgIpc) is 2.56. The number of carboxylic acids is 1. The van der Waals surface area contributed by atoms with Crippen molar-refractivity contribution in [3.8, 4) is 16.9 Å². The zero-order chi connectivity index (χ0) is 17.7. The molecular weight excluding hydrogens is 302 g/mol. The maximum Gasteiger partial charge on any atom is 0.325 e. The van der Waals surface area contributed by atoms with E-state index in [9.17, 15) is 15.0 Å². The number of rotatable bonds is 7. The number of carbonyl (C=O) groups is 1. The van der Waals surface area contributed by atoms with Gasteiger partial charge in [-0.05, 0) is 47.2 Å². The number of aromatic hydroxyl groups is 1. The molecule has 2 aromatic carbocycles. The van der Waals surface area contributed by atoms with Gasteiger partial charge in [0.15, 0.2) is 0 Å². The molecule has 4 heteroatoms. The number of phenols is 1. The molecule has 1 unspecified atom stereocenters. The highest BCUT2D eigenvalue weighted by atomic mass is 16.4. The number of allylic oxidation sites excluding steroid dienone is 2. The van der Waals surface area contributed by atoms with E-state index in [0.717, 1.165) is 11.1 Å². The van der Waals surface area contributed by atoms with E-state index in [2.05, 4.69) is 13.2 Å². The Morgan fingerprint density at radius 1 is 1.04 bits per heavy atom. The lowest BCUT2D eigenvalue weighted by Crippen LogP contribution is -2.21. The minimum absolute atomic E-state index is 0.0809. The van der Waals surface area contributed by atoms with Crippen LogP contribution in [-0.4, -0.2) is 16.2 Å². The fourth-order valence-electron chi connectivity index (χ4n) is 2.63. The molecule has 2 rings (SSSR count). The van der Waals surface area contributed by atoms with Gasteiger partial charge in [-0.2, -0.15) is 0 Å². The molecule has 124 valence electrons. The van der Waals surface area contributed by atoms with Crippen molar-refractivity contribution in [2.45, 2.75) is 18.9 Å². The van der Waals surface area contributed by atoms with Gasteiger partial charge < -0.3 is 15.9 Å². The van der Waals surface area contributed by atoms with E-state index in [-0.39, 0.29) is 5.75 Å². The maximum atomic E-state index is 11.3. The molecular formula is C20H21NO3. The van der Waals surface area contributed by atoms with E-state index >= 15 is 0 Å². The third-order valence-corrected chi connectivity index (χ3v) is 3.83. The molecule has 0 radical (unpaired) electrons. The number of hydrogen-bond donors (Lipinski definition) is 3. The van der Waals surface area contributed by atoms with Crippen LogP contribution < -0.4 is 5.73 Å². The first-order valence-electron chi connectivity index (χ1n) is 7.63. The van der Waals surface area contributed by atoms with Crippen LogP contribution in [0.15, 0.2) is 61.7 Å². The van der Waals surface area contributed by atoms with Gasteiger partial charge in [0.25, 0.3) is 0 Å². The first-order valence-corrected chi connectivity index (χ1v) is 7.63. The molecule has 2 aromatic rings. The molecule has 0 aromatic heterocycles. The van der Waals surface area contributed by atoms with Gasteiger partial charge >= 0.3 is 5.97 Å². The molecule has 0 bridgehead atoms. The summed E-state index contributed by atoms with van der Waals surface area (Å²) in [5, 5.41) is 19.6. The van der Waals surface area contributed by atoms with Gasteiger partial charge in [0, 0.05) is 5.56 Å². The first-order chi connectivity index (χ1) is 11.5. The fraction of sp³-hybridized carbons (Fsp3) is 0.150. The molecule has 0 fully saturated rings. The highest BCUT2D eigenvalue weighted by Gasteiger charge is 2.20. The van der Waals surface area contributed by atoms with E-state index in [0.29, 0.717) is 29.5 Å². The van der Waals surface area contributed by atoms with Gasteiger partial charge in [-0.3, -0.25) is 4.79 Å². The van der Waals surface area contributed by atoms with Crippen molar-refractivity contribution in [2.75, 3.05) is 0 Å². The average molecular weight is 323 g/mol. The predicted molar refractivity (Wildman–Crippen MR) is 95.9 cm³/mol. The summed E-state index contributed by atoms with van der Waals surface area (Å²) in [6.07, 6.45) is 4.83. The Balaban J connectivity index is 2.67. The Bertz CT molecular complexity index is 780. The van der Waals surface area contributed by atoms with Gasteiger partial charge in [-0.1, -0.05) is 36.4 Å². The summed E-state index contributed by atoms with van der Waals surface area (Å²) in [7, 11) is 0. The van der Waals surface area contributed by atoms with Crippen LogP contribution >= 0.6 is 0 Å². The SMILES string of the molecule is C=CCc1ccc(O)c(-c2cc(CC=C)ccc2C(N)C(=O)O)c1. The van der Waals surface area contributed by atoms with Crippen LogP contribution in [0, 0.1) is 0 Å². The smallest absolute Gasteiger partial charge is 0.325 e. The predicted octanol–water partition coefficient (Wildman–Crippen LogP) is 3.60. The Morgan fingerprint density at radius 2 is 1.58 bits per heavy atom. The Kier molecular flexibility index (Phi) is 5.55. The summed E-state index contributed by atoms with van der Waals surface area (Å²) in [5.74, 6) is -1.04. The third kappa shape index (κ3) is 3.73. The quantitative estimate of drug-likeness (QED) is 0.680. The summed E-state index contributed by atoms with van der Waals surface area (Å²) >= 11 is 0. The second-order valence-corrected chi connectivity index (χ2v) is 5.57. The standard InChI is InChI=1S/C20H21NO3/c1-3-5-13-7-9-15(19(21)20(23)24)16(11-13)17-12-14(6-4-2)8-10-18(17)22/h3-4,7-12,19,22H,1-2,5-6,21H2,(H,23,24). The summed E-state index contributed by atoms with van der Waals surface area (Å²) in [5.41, 5.74) is 9.41. The Labute approximate surface area is 141 Å². The van der Waals surface area contributed by atoms with Gasteiger partial charge in [0.05, 0.1) is 0 Å². The molecule has 4 N–H and O–H groups in total. The lowest BCUT2D eigenvalue weighted by Gasteiger charge is -2.16. The van der Waals surface area contributed by atoms with Crippen molar-refractivity contribution in [1.29, 1.82) is 0 Å². The van der Waals surface area contributed by atoms with Crippen molar-refractivity contribution in [3.63, 3.8) is 0 Å². The number of hydrogen-bond acceptors (Lipinski definition) is 3. The molecule has 0 heterocycles. The second kappa shape index (κ2) is 7.62. The van der Waals surface area contributed by atoms with Crippen molar-refractivity contribution in [3.05, 3.63) is 78.4 Å². The molecule has 0 aliphatic heterocycles. The largest absolute Gasteiger partial charge is 0.507 e. The lowest BCUT2D eigenvalue weighted by atomic mass is 9.91. The number of carboxylic acid groups (broad SMARTS) is 1. The number of phenolic OH excluding ortho intramolecular Hbond substituents is 1. The zero-order valence-corrected chi connectivity index (χ0v) is 13.4. The van der Waals surface area contributed by atoms with Gasteiger partial charge in [0.1, 0.15) is 11.8 Å². The molecule has 24 heavy (non-hydrogen) atoms. The molecule has 0 aliphatic rings. The minimum atomic E-state index is -1.17. The molecule has 0 saturated carbocycles. The number of benzene rings is 2. The monoisotopic (exact) mass is 323 g/mol. The Morgan fingerprint density at radius 3 is 2.12 bits per heavy atom. The van der Waals surface area contributed by atoms with E-state index in [1.807, 2.05) is 24.3 Å². The van der Waals surface area contributed by atoms with Crippen LogP contribution in [0.1, 0.15) is 22.7 Å². The van der Waals surface area contributed by atoms with Crippen molar-refractivity contribution in [2.24, 2.45) is 5.73 Å². The van der Waals surface area contributed by atoms with Gasteiger partial charge in [-0.15, -0.1) is 13.2 Å². The van der Waals surface area contributed by atoms with Crippen molar-refractivity contribution < 1.29 is 15.0 Å². The van der Waals surface area contributed by atoms with Gasteiger partial charge in [-0.25, -0.2) is 0 Å². The molecule has 0 saturated heterocycles. The molecule has 1 atom stereocenters. The van der Waals surface area contributed by atoms with Crippen LogP contribution in [0.2, 0.25) is 0 Å². The van der Waals surface area contributed by atoms with E-state index in [4.69, 9.17) is 5.73 Å². The lowest BCUT2D eigenvalue weighted by molar-refractivity contribution is -0.138. The molecule has 4 nitrogen and oxygen atoms in total. The summed E-state index contributed by atoms with van der Waals surface area (Å²) in [4.78, 5) is 11.3. The van der Waals surface area contributed by atoms with Crippen LogP contribution in [0.3, 0.4) is 0 Å². The van der Waals surface area contributed by atoms with E-state index in [1.165, 1.54) is 0 Å². The normalized spacial score (nSPS) is 11.7. The van der Waals surface area contributed by atoms with Crippen LogP contribution in [0.4, 0.5) is 0 Å². The minimum Gasteiger partial charge on any atom is -0.507 e. The van der Waals surface area contributed by atoms with Crippen molar-refractivity contribution >= 4 is 5.97 Å². The second-order valence-electron chi connectivity index (χ2n) is 5.57. The highest BCUT2D eigenvalue weighted by molar-refractivity contribution is 5.82. The highest BCUT2D eigenvalue weighted by Crippen LogP contribution is 2.35. The topological polar surface area (TPSA) is 83.5 Å². The number of aliphatic carboxylic acids is 1. The maximum absolute atomic E-state index is 11.3. The first kappa shape index (κ1) is 17.5. The molecule has 0 amide bonds. The summed E-state index contributed by atoms with van der Waals surface area (Å²) in [6, 6.07) is 9.46.